The molecule has 0 N–H and O–H groups in total. The molecular formula is C29H23ClN2O5. The molecule has 37 heavy (non-hydrogen) atoms. The highest BCUT2D eigenvalue weighted by molar-refractivity contribution is 6.30. The van der Waals surface area contributed by atoms with Crippen LogP contribution in [0.1, 0.15) is 11.1 Å². The molecule has 8 heteroatoms. The van der Waals surface area contributed by atoms with E-state index >= 15 is 0 Å². The van der Waals surface area contributed by atoms with Gasteiger partial charge in [-0.3, -0.25) is 0 Å². The summed E-state index contributed by atoms with van der Waals surface area (Å²) >= 11 is 6.12. The quantitative estimate of drug-likeness (QED) is 0.416. The van der Waals surface area contributed by atoms with Crippen molar-refractivity contribution in [2.75, 3.05) is 19.1 Å². The van der Waals surface area contributed by atoms with E-state index in [4.69, 9.17) is 25.8 Å². The van der Waals surface area contributed by atoms with Crippen LogP contribution in [0.15, 0.2) is 102 Å². The lowest BCUT2D eigenvalue weighted by Gasteiger charge is -2.44. The molecule has 0 saturated carbocycles. The Morgan fingerprint density at radius 3 is 2.11 bits per heavy atom. The zero-order valence-electron chi connectivity index (χ0n) is 20.1. The van der Waals surface area contributed by atoms with Gasteiger partial charge in [-0.25, -0.2) is 9.59 Å². The fourth-order valence-electron chi connectivity index (χ4n) is 4.14. The van der Waals surface area contributed by atoms with E-state index in [9.17, 15) is 14.9 Å². The summed E-state index contributed by atoms with van der Waals surface area (Å²) in [6.45, 7) is 0. The maximum atomic E-state index is 13.4. The highest BCUT2D eigenvalue weighted by Gasteiger charge is 2.53. The van der Waals surface area contributed by atoms with Gasteiger partial charge in [0.15, 0.2) is 6.23 Å². The average molecular weight is 515 g/mol. The Bertz CT molecular complexity index is 1380. The second-order valence-electron chi connectivity index (χ2n) is 7.99. The van der Waals surface area contributed by atoms with Gasteiger partial charge in [0.2, 0.25) is 5.60 Å². The molecule has 0 aromatic heterocycles. The summed E-state index contributed by atoms with van der Waals surface area (Å²) in [5.74, 6) is -1.75. The minimum Gasteiger partial charge on any atom is -0.465 e. The summed E-state index contributed by atoms with van der Waals surface area (Å²) < 4.78 is 16.6. The molecule has 1 aliphatic heterocycles. The average Bonchev–Trinajstić information content (AvgIpc) is 2.95. The van der Waals surface area contributed by atoms with Gasteiger partial charge >= 0.3 is 11.9 Å². The fraction of sp³-hybridized carbons (Fsp3) is 0.138. The highest BCUT2D eigenvalue weighted by atomic mass is 35.5. The number of rotatable bonds is 6. The number of carbonyl (C=O) groups is 2. The summed E-state index contributed by atoms with van der Waals surface area (Å²) in [5, 5.41) is 11.0. The van der Waals surface area contributed by atoms with E-state index in [1.165, 1.54) is 19.1 Å². The molecule has 0 saturated heterocycles. The summed E-state index contributed by atoms with van der Waals surface area (Å²) in [6, 6.07) is 26.7. The first-order chi connectivity index (χ1) is 17.9. The molecule has 1 unspecified atom stereocenters. The predicted molar refractivity (Wildman–Crippen MR) is 139 cm³/mol. The Morgan fingerprint density at radius 1 is 0.946 bits per heavy atom. The number of nitrogens with zero attached hydrogens (tertiary/aromatic N) is 2. The van der Waals surface area contributed by atoms with E-state index < -0.39 is 23.8 Å². The van der Waals surface area contributed by atoms with Crippen LogP contribution in [0.25, 0.3) is 6.08 Å². The van der Waals surface area contributed by atoms with Gasteiger partial charge in [-0.05, 0) is 35.9 Å². The maximum absolute atomic E-state index is 13.4. The molecule has 2 atom stereocenters. The number of ether oxygens (including phenoxy) is 3. The molecule has 186 valence electrons. The first kappa shape index (κ1) is 25.7. The molecule has 0 aliphatic carbocycles. The number of anilines is 1. The van der Waals surface area contributed by atoms with Gasteiger partial charge in [-0.1, -0.05) is 78.3 Å². The van der Waals surface area contributed by atoms with Crippen LogP contribution in [0, 0.1) is 11.3 Å². The third-order valence-electron chi connectivity index (χ3n) is 5.85. The molecule has 1 aliphatic rings. The number of benzene rings is 3. The zero-order valence-corrected chi connectivity index (χ0v) is 20.9. The second kappa shape index (κ2) is 11.1. The predicted octanol–water partition coefficient (Wildman–Crippen LogP) is 5.24. The topological polar surface area (TPSA) is 88.9 Å². The van der Waals surface area contributed by atoms with Gasteiger partial charge < -0.3 is 19.1 Å². The first-order valence-corrected chi connectivity index (χ1v) is 11.7. The molecule has 4 rings (SSSR count). The van der Waals surface area contributed by atoms with Crippen LogP contribution >= 0.6 is 11.6 Å². The molecular weight excluding hydrogens is 492 g/mol. The van der Waals surface area contributed by atoms with E-state index in [0.29, 0.717) is 16.3 Å². The van der Waals surface area contributed by atoms with E-state index in [1.807, 2.05) is 30.3 Å². The van der Waals surface area contributed by atoms with Gasteiger partial charge in [-0.2, -0.15) is 5.26 Å². The first-order valence-electron chi connectivity index (χ1n) is 11.3. The van der Waals surface area contributed by atoms with Gasteiger partial charge in [-0.15, -0.1) is 0 Å². The van der Waals surface area contributed by atoms with Crippen molar-refractivity contribution >= 4 is 35.3 Å². The van der Waals surface area contributed by atoms with Crippen LogP contribution in [0.5, 0.6) is 0 Å². The summed E-state index contributed by atoms with van der Waals surface area (Å²) in [6.07, 6.45) is 2.50. The lowest BCUT2D eigenvalue weighted by molar-refractivity contribution is -0.144. The Morgan fingerprint density at radius 2 is 1.54 bits per heavy atom. The number of hydrogen-bond donors (Lipinski definition) is 0. The molecule has 0 amide bonds. The third kappa shape index (κ3) is 4.98. The van der Waals surface area contributed by atoms with Gasteiger partial charge in [0.05, 0.1) is 14.2 Å². The molecule has 0 spiro atoms. The van der Waals surface area contributed by atoms with E-state index in [1.54, 1.807) is 66.7 Å². The molecule has 1 heterocycles. The van der Waals surface area contributed by atoms with E-state index in [0.717, 1.165) is 5.56 Å². The Kier molecular flexibility index (Phi) is 7.73. The normalized spacial score (nSPS) is 19.4. The molecule has 0 radical (unpaired) electrons. The lowest BCUT2D eigenvalue weighted by atomic mass is 9.83. The molecule has 3 aromatic carbocycles. The van der Waals surface area contributed by atoms with E-state index in [-0.39, 0.29) is 11.3 Å². The molecule has 3 aromatic rings. The number of halogens is 1. The van der Waals surface area contributed by atoms with Crippen LogP contribution in [0.3, 0.4) is 0 Å². The Hall–Kier alpha value is -4.38. The van der Waals surface area contributed by atoms with Crippen molar-refractivity contribution < 1.29 is 23.8 Å². The van der Waals surface area contributed by atoms with Crippen LogP contribution < -0.4 is 4.90 Å². The number of nitriles is 1. The second-order valence-corrected chi connectivity index (χ2v) is 8.43. The fourth-order valence-corrected chi connectivity index (χ4v) is 4.27. The zero-order chi connectivity index (χ0) is 26.4. The third-order valence-corrected chi connectivity index (χ3v) is 6.10. The van der Waals surface area contributed by atoms with Gasteiger partial charge in [0, 0.05) is 16.3 Å². The standard InChI is InChI=1S/C29H23ClN2O5/c1-35-27(33)25-26(28(34)36-2)32(23-16-14-22(30)15-17-23)24(18-13-20-9-5-3-6-10-20)37-29(25,19-31)21-11-7-4-8-12-21/h3-18,24H,1-2H3/b18-13+/t24?,29-/m1/s1. The SMILES string of the molecule is COC(=O)C1=C(C(=O)OC)[C@@](C#N)(c2ccccc2)OC(/C=C/c2ccccc2)N1c1ccc(Cl)cc1. The van der Waals surface area contributed by atoms with Crippen molar-refractivity contribution in [3.05, 3.63) is 118 Å². The van der Waals surface area contributed by atoms with Crippen molar-refractivity contribution in [3.8, 4) is 6.07 Å². The van der Waals surface area contributed by atoms with Crippen LogP contribution in [-0.2, 0) is 29.4 Å². The van der Waals surface area contributed by atoms with Crippen LogP contribution in [-0.4, -0.2) is 32.4 Å². The largest absolute Gasteiger partial charge is 0.465 e. The van der Waals surface area contributed by atoms with Crippen LogP contribution in [0.2, 0.25) is 5.02 Å². The molecule has 7 nitrogen and oxygen atoms in total. The highest BCUT2D eigenvalue weighted by Crippen LogP contribution is 2.45. The molecule has 0 bridgehead atoms. The summed E-state index contributed by atoms with van der Waals surface area (Å²) in [7, 11) is 2.37. The van der Waals surface area contributed by atoms with E-state index in [2.05, 4.69) is 6.07 Å². The number of methoxy groups -OCH3 is 2. The van der Waals surface area contributed by atoms with Gasteiger partial charge in [0.25, 0.3) is 0 Å². The number of hydrogen-bond acceptors (Lipinski definition) is 7. The monoisotopic (exact) mass is 514 g/mol. The van der Waals surface area contributed by atoms with Gasteiger partial charge in [0.1, 0.15) is 17.3 Å². The minimum absolute atomic E-state index is 0.184. The van der Waals surface area contributed by atoms with Crippen molar-refractivity contribution in [1.29, 1.82) is 5.26 Å². The smallest absolute Gasteiger partial charge is 0.355 e. The van der Waals surface area contributed by atoms with Crippen molar-refractivity contribution in [2.45, 2.75) is 11.8 Å². The summed E-state index contributed by atoms with van der Waals surface area (Å²) in [4.78, 5) is 28.1. The minimum atomic E-state index is -1.98. The number of carbonyl (C=O) groups excluding carboxylic acids is 2. The van der Waals surface area contributed by atoms with Crippen molar-refractivity contribution in [1.82, 2.24) is 0 Å². The van der Waals surface area contributed by atoms with Crippen molar-refractivity contribution in [3.63, 3.8) is 0 Å². The van der Waals surface area contributed by atoms with Crippen LogP contribution in [0.4, 0.5) is 5.69 Å². The number of esters is 2. The summed E-state index contributed by atoms with van der Waals surface area (Å²) in [5.41, 5.74) is -0.758. The Balaban J connectivity index is 2.06. The molecule has 0 fully saturated rings. The maximum Gasteiger partial charge on any atom is 0.355 e. The Labute approximate surface area is 219 Å². The lowest BCUT2D eigenvalue weighted by Crippen LogP contribution is -2.53. The van der Waals surface area contributed by atoms with Crippen molar-refractivity contribution in [2.24, 2.45) is 0 Å².